The molecule has 0 aromatic carbocycles. The van der Waals surface area contributed by atoms with E-state index in [0.29, 0.717) is 12.6 Å². The maximum atomic E-state index is 12.0. The molecule has 1 aliphatic rings. The number of aliphatic hydroxyl groups excluding tert-OH is 1. The van der Waals surface area contributed by atoms with Crippen LogP contribution in [0.25, 0.3) is 0 Å². The third-order valence-corrected chi connectivity index (χ3v) is 4.11. The molecule has 0 radical (unpaired) electrons. The lowest BCUT2D eigenvalue weighted by atomic mass is 9.92. The fourth-order valence-corrected chi connectivity index (χ4v) is 3.07. The van der Waals surface area contributed by atoms with E-state index in [2.05, 4.69) is 11.8 Å². The van der Waals surface area contributed by atoms with Gasteiger partial charge in [0.15, 0.2) is 0 Å². The summed E-state index contributed by atoms with van der Waals surface area (Å²) >= 11 is 0. The molecule has 0 amide bonds. The van der Waals surface area contributed by atoms with Crippen LogP contribution < -0.4 is 0 Å². The third kappa shape index (κ3) is 5.11. The van der Waals surface area contributed by atoms with Crippen LogP contribution in [0, 0.1) is 0 Å². The van der Waals surface area contributed by atoms with Gasteiger partial charge in [0.1, 0.15) is 6.04 Å². The number of carbonyl (C=O) groups is 1. The second-order valence-corrected chi connectivity index (χ2v) is 5.43. The zero-order chi connectivity index (χ0) is 14.1. The van der Waals surface area contributed by atoms with E-state index in [4.69, 9.17) is 4.74 Å². The van der Waals surface area contributed by atoms with Gasteiger partial charge >= 0.3 is 5.97 Å². The van der Waals surface area contributed by atoms with Crippen LogP contribution in [-0.2, 0) is 9.53 Å². The van der Waals surface area contributed by atoms with Gasteiger partial charge in [0, 0.05) is 12.6 Å². The fourth-order valence-electron chi connectivity index (χ4n) is 3.07. The normalized spacial score (nSPS) is 18.5. The van der Waals surface area contributed by atoms with E-state index in [1.165, 1.54) is 26.4 Å². The van der Waals surface area contributed by atoms with Gasteiger partial charge in [0.25, 0.3) is 0 Å². The lowest BCUT2D eigenvalue weighted by molar-refractivity contribution is -0.149. The molecule has 19 heavy (non-hydrogen) atoms. The second-order valence-electron chi connectivity index (χ2n) is 5.43. The fraction of sp³-hybridized carbons (Fsp3) is 0.933. The van der Waals surface area contributed by atoms with Gasteiger partial charge in [-0.3, -0.25) is 9.69 Å². The quantitative estimate of drug-likeness (QED) is 0.688. The van der Waals surface area contributed by atoms with Gasteiger partial charge in [-0.2, -0.15) is 0 Å². The van der Waals surface area contributed by atoms with E-state index < -0.39 is 0 Å². The molecule has 1 atom stereocenters. The van der Waals surface area contributed by atoms with Crippen molar-refractivity contribution in [3.8, 4) is 0 Å². The molecule has 1 unspecified atom stereocenters. The summed E-state index contributed by atoms with van der Waals surface area (Å²) in [4.78, 5) is 14.2. The van der Waals surface area contributed by atoms with Crippen LogP contribution in [0.15, 0.2) is 0 Å². The molecular weight excluding hydrogens is 242 g/mol. The van der Waals surface area contributed by atoms with E-state index >= 15 is 0 Å². The molecule has 1 saturated carbocycles. The molecule has 0 aromatic rings. The summed E-state index contributed by atoms with van der Waals surface area (Å²) in [5.74, 6) is -0.146. The number of hydrogen-bond donors (Lipinski definition) is 1. The van der Waals surface area contributed by atoms with Crippen LogP contribution >= 0.6 is 0 Å². The maximum Gasteiger partial charge on any atom is 0.323 e. The number of rotatable bonds is 8. The van der Waals surface area contributed by atoms with Gasteiger partial charge < -0.3 is 9.84 Å². The van der Waals surface area contributed by atoms with Gasteiger partial charge in [0.05, 0.1) is 13.7 Å². The highest BCUT2D eigenvalue weighted by Gasteiger charge is 2.31. The van der Waals surface area contributed by atoms with Crippen LogP contribution in [-0.4, -0.2) is 48.3 Å². The van der Waals surface area contributed by atoms with Gasteiger partial charge in [0.2, 0.25) is 0 Å². The molecule has 0 saturated heterocycles. The number of unbranched alkanes of at least 4 members (excludes halogenated alkanes) is 1. The van der Waals surface area contributed by atoms with Crippen LogP contribution in [0.1, 0.15) is 58.3 Å². The number of esters is 1. The molecule has 112 valence electrons. The number of aliphatic hydroxyl groups is 1. The van der Waals surface area contributed by atoms with Gasteiger partial charge in [-0.25, -0.2) is 0 Å². The Morgan fingerprint density at radius 3 is 2.58 bits per heavy atom. The van der Waals surface area contributed by atoms with Gasteiger partial charge in [-0.15, -0.1) is 0 Å². The predicted molar refractivity (Wildman–Crippen MR) is 76.0 cm³/mol. The highest BCUT2D eigenvalue weighted by atomic mass is 16.5. The Kier molecular flexibility index (Phi) is 8.07. The Morgan fingerprint density at radius 1 is 1.37 bits per heavy atom. The molecule has 4 nitrogen and oxygen atoms in total. The number of carbonyl (C=O) groups excluding carboxylic acids is 1. The molecule has 1 aliphatic carbocycles. The number of hydrogen-bond acceptors (Lipinski definition) is 4. The molecule has 0 aromatic heterocycles. The van der Waals surface area contributed by atoms with Crippen molar-refractivity contribution in [1.29, 1.82) is 0 Å². The summed E-state index contributed by atoms with van der Waals surface area (Å²) in [6.45, 7) is 2.82. The van der Waals surface area contributed by atoms with Gasteiger partial charge in [-0.1, -0.05) is 39.0 Å². The van der Waals surface area contributed by atoms with E-state index in [1.54, 1.807) is 0 Å². The van der Waals surface area contributed by atoms with Crippen molar-refractivity contribution in [1.82, 2.24) is 4.90 Å². The Balaban J connectivity index is 2.73. The van der Waals surface area contributed by atoms with Crippen molar-refractivity contribution in [3.05, 3.63) is 0 Å². The summed E-state index contributed by atoms with van der Waals surface area (Å²) in [5.41, 5.74) is 0. The predicted octanol–water partition coefficient (Wildman–Crippen LogP) is 2.35. The van der Waals surface area contributed by atoms with Crippen LogP contribution in [0.2, 0.25) is 0 Å². The maximum absolute atomic E-state index is 12.0. The lowest BCUT2D eigenvalue weighted by Crippen LogP contribution is -2.49. The first kappa shape index (κ1) is 16.4. The van der Waals surface area contributed by atoms with Crippen molar-refractivity contribution in [2.75, 3.05) is 20.3 Å². The van der Waals surface area contributed by atoms with Crippen LogP contribution in [0.3, 0.4) is 0 Å². The number of methoxy groups -OCH3 is 1. The summed E-state index contributed by atoms with van der Waals surface area (Å²) in [6.07, 6.45) is 8.96. The van der Waals surface area contributed by atoms with Crippen LogP contribution in [0.5, 0.6) is 0 Å². The van der Waals surface area contributed by atoms with Crippen LogP contribution in [0.4, 0.5) is 0 Å². The molecule has 1 N–H and O–H groups in total. The van der Waals surface area contributed by atoms with E-state index in [0.717, 1.165) is 32.1 Å². The molecule has 0 aliphatic heterocycles. The molecule has 4 heteroatoms. The molecule has 1 rings (SSSR count). The Hall–Kier alpha value is -0.610. The second kappa shape index (κ2) is 9.32. The minimum Gasteiger partial charge on any atom is -0.468 e. The van der Waals surface area contributed by atoms with Crippen molar-refractivity contribution >= 4 is 5.97 Å². The number of nitrogens with zero attached hydrogens (tertiary/aromatic N) is 1. The first-order chi connectivity index (χ1) is 9.24. The Labute approximate surface area is 117 Å². The first-order valence-electron chi connectivity index (χ1n) is 7.69. The zero-order valence-electron chi connectivity index (χ0n) is 12.4. The minimum absolute atomic E-state index is 0.107. The largest absolute Gasteiger partial charge is 0.468 e. The topological polar surface area (TPSA) is 49.8 Å². The molecular formula is C15H29NO3. The third-order valence-electron chi connectivity index (χ3n) is 4.11. The average molecular weight is 271 g/mol. The Bertz CT molecular complexity index is 252. The highest BCUT2D eigenvalue weighted by molar-refractivity contribution is 5.75. The van der Waals surface area contributed by atoms with Crippen molar-refractivity contribution in [2.45, 2.75) is 70.4 Å². The van der Waals surface area contributed by atoms with Crippen molar-refractivity contribution < 1.29 is 14.6 Å². The SMILES string of the molecule is CCCCC(C(=O)OC)N(CCO)C1CCCCC1. The van der Waals surface area contributed by atoms with E-state index in [-0.39, 0.29) is 18.6 Å². The molecule has 0 spiro atoms. The average Bonchev–Trinajstić information content (AvgIpc) is 2.47. The van der Waals surface area contributed by atoms with E-state index in [9.17, 15) is 9.90 Å². The minimum atomic E-state index is -0.180. The summed E-state index contributed by atoms with van der Waals surface area (Å²) < 4.78 is 4.97. The van der Waals surface area contributed by atoms with Gasteiger partial charge in [-0.05, 0) is 19.3 Å². The lowest BCUT2D eigenvalue weighted by Gasteiger charge is -2.38. The molecule has 1 fully saturated rings. The van der Waals surface area contributed by atoms with E-state index in [1.807, 2.05) is 0 Å². The number of ether oxygens (including phenoxy) is 1. The zero-order valence-corrected chi connectivity index (χ0v) is 12.4. The Morgan fingerprint density at radius 2 is 2.05 bits per heavy atom. The van der Waals surface area contributed by atoms with Crippen molar-refractivity contribution in [2.24, 2.45) is 0 Å². The first-order valence-corrected chi connectivity index (χ1v) is 7.69. The molecule has 0 bridgehead atoms. The summed E-state index contributed by atoms with van der Waals surface area (Å²) in [6, 6.07) is 0.252. The monoisotopic (exact) mass is 271 g/mol. The van der Waals surface area contributed by atoms with Crippen molar-refractivity contribution in [3.63, 3.8) is 0 Å². The summed E-state index contributed by atoms with van der Waals surface area (Å²) in [7, 11) is 1.46. The smallest absolute Gasteiger partial charge is 0.323 e. The highest BCUT2D eigenvalue weighted by Crippen LogP contribution is 2.26. The molecule has 0 heterocycles. The summed E-state index contributed by atoms with van der Waals surface area (Å²) in [5, 5.41) is 9.30. The standard InChI is InChI=1S/C15H29NO3/c1-3-4-10-14(15(18)19-2)16(11-12-17)13-8-6-5-7-9-13/h13-14,17H,3-12H2,1-2H3.